The Balaban J connectivity index is 1.63. The molecule has 5 nitrogen and oxygen atoms in total. The highest BCUT2D eigenvalue weighted by Gasteiger charge is 2.34. The topological polar surface area (TPSA) is 58.6 Å². The third kappa shape index (κ3) is 4.13. The van der Waals surface area contributed by atoms with Gasteiger partial charge in [0.15, 0.2) is 16.7 Å². The van der Waals surface area contributed by atoms with Crippen LogP contribution in [0.4, 0.5) is 14.5 Å². The van der Waals surface area contributed by atoms with E-state index in [-0.39, 0.29) is 21.8 Å². The first-order valence-electron chi connectivity index (χ1n) is 9.54. The van der Waals surface area contributed by atoms with Crippen LogP contribution in [0.2, 0.25) is 0 Å². The van der Waals surface area contributed by atoms with Crippen molar-refractivity contribution in [1.82, 2.24) is 5.32 Å². The molecule has 1 aliphatic heterocycles. The van der Waals surface area contributed by atoms with Gasteiger partial charge in [-0.2, -0.15) is 0 Å². The summed E-state index contributed by atoms with van der Waals surface area (Å²) in [5, 5.41) is 2.29. The number of aryl methyl sites for hydroxylation is 1. The van der Waals surface area contributed by atoms with Crippen LogP contribution in [0, 0.1) is 18.6 Å². The van der Waals surface area contributed by atoms with Crippen molar-refractivity contribution in [3.63, 3.8) is 0 Å². The monoisotopic (exact) mass is 450 g/mol. The fourth-order valence-electron chi connectivity index (χ4n) is 3.11. The zero-order chi connectivity index (χ0) is 22.8. The Bertz CT molecular complexity index is 1260. The lowest BCUT2D eigenvalue weighted by Crippen LogP contribution is -2.54. The summed E-state index contributed by atoms with van der Waals surface area (Å²) in [7, 11) is 0. The standard InChI is InChI=1S/C24H16F2N2O3S/c1-14-7-8-15(21(26)20(14)25)13-19-22(29)27-24(32)28(23(19)30)16-9-11-18(12-10-16)31-17-5-3-2-4-6-17/h2-13H,1H3,(H,27,29,32)/b19-13+. The van der Waals surface area contributed by atoms with E-state index in [4.69, 9.17) is 17.0 Å². The second-order valence-electron chi connectivity index (χ2n) is 6.97. The lowest BCUT2D eigenvalue weighted by molar-refractivity contribution is -0.122. The van der Waals surface area contributed by atoms with Gasteiger partial charge in [0, 0.05) is 5.56 Å². The van der Waals surface area contributed by atoms with Gasteiger partial charge >= 0.3 is 0 Å². The van der Waals surface area contributed by atoms with E-state index in [1.165, 1.54) is 19.1 Å². The van der Waals surface area contributed by atoms with E-state index < -0.39 is 23.4 Å². The molecule has 0 radical (unpaired) electrons. The van der Waals surface area contributed by atoms with Crippen molar-refractivity contribution < 1.29 is 23.1 Å². The summed E-state index contributed by atoms with van der Waals surface area (Å²) in [4.78, 5) is 26.5. The predicted octanol–water partition coefficient (Wildman–Crippen LogP) is 4.90. The lowest BCUT2D eigenvalue weighted by Gasteiger charge is -2.29. The van der Waals surface area contributed by atoms with Crippen molar-refractivity contribution in [1.29, 1.82) is 0 Å². The van der Waals surface area contributed by atoms with E-state index in [0.29, 0.717) is 17.2 Å². The van der Waals surface area contributed by atoms with E-state index in [1.54, 1.807) is 36.4 Å². The van der Waals surface area contributed by atoms with Gasteiger partial charge in [0.05, 0.1) is 5.69 Å². The van der Waals surface area contributed by atoms with Gasteiger partial charge in [-0.15, -0.1) is 0 Å². The Morgan fingerprint density at radius 3 is 2.25 bits per heavy atom. The highest BCUT2D eigenvalue weighted by molar-refractivity contribution is 7.80. The number of carbonyl (C=O) groups is 2. The number of ether oxygens (including phenoxy) is 1. The van der Waals surface area contributed by atoms with E-state index in [0.717, 1.165) is 11.0 Å². The fraction of sp³-hybridized carbons (Fsp3) is 0.0417. The smallest absolute Gasteiger partial charge is 0.270 e. The summed E-state index contributed by atoms with van der Waals surface area (Å²) < 4.78 is 33.9. The highest BCUT2D eigenvalue weighted by Crippen LogP contribution is 2.27. The molecule has 0 saturated carbocycles. The second kappa shape index (κ2) is 8.68. The Hall–Kier alpha value is -3.91. The molecule has 160 valence electrons. The van der Waals surface area contributed by atoms with Crippen molar-refractivity contribution in [2.24, 2.45) is 0 Å². The largest absolute Gasteiger partial charge is 0.457 e. The maximum atomic E-state index is 14.3. The number of hydrogen-bond donors (Lipinski definition) is 1. The fourth-order valence-corrected chi connectivity index (χ4v) is 3.39. The molecule has 0 atom stereocenters. The van der Waals surface area contributed by atoms with E-state index in [9.17, 15) is 18.4 Å². The zero-order valence-corrected chi connectivity index (χ0v) is 17.6. The van der Waals surface area contributed by atoms with E-state index >= 15 is 0 Å². The molecular formula is C24H16F2N2O3S. The minimum atomic E-state index is -1.14. The normalized spacial score (nSPS) is 15.2. The van der Waals surface area contributed by atoms with Crippen molar-refractivity contribution in [2.75, 3.05) is 4.90 Å². The van der Waals surface area contributed by atoms with Gasteiger partial charge in [-0.1, -0.05) is 30.3 Å². The van der Waals surface area contributed by atoms with Crippen LogP contribution >= 0.6 is 12.2 Å². The highest BCUT2D eigenvalue weighted by atomic mass is 32.1. The Morgan fingerprint density at radius 1 is 0.906 bits per heavy atom. The number of thiocarbonyl (C=S) groups is 1. The van der Waals surface area contributed by atoms with Gasteiger partial charge in [0.2, 0.25) is 0 Å². The summed E-state index contributed by atoms with van der Waals surface area (Å²) in [5.41, 5.74) is -0.0945. The number of nitrogens with zero attached hydrogens (tertiary/aromatic N) is 1. The minimum absolute atomic E-state index is 0.115. The maximum Gasteiger partial charge on any atom is 0.270 e. The first-order chi connectivity index (χ1) is 15.3. The molecule has 0 unspecified atom stereocenters. The number of nitrogens with one attached hydrogen (secondary N) is 1. The summed E-state index contributed by atoms with van der Waals surface area (Å²) in [6.07, 6.45) is 1.01. The summed E-state index contributed by atoms with van der Waals surface area (Å²) in [6.45, 7) is 1.42. The number of carbonyl (C=O) groups excluding carboxylic acids is 2. The Morgan fingerprint density at radius 2 is 1.56 bits per heavy atom. The molecule has 1 N–H and O–H groups in total. The number of amides is 2. The van der Waals surface area contributed by atoms with Gasteiger partial charge < -0.3 is 4.74 Å². The van der Waals surface area contributed by atoms with Gasteiger partial charge in [0.25, 0.3) is 11.8 Å². The van der Waals surface area contributed by atoms with Crippen LogP contribution in [0.5, 0.6) is 11.5 Å². The van der Waals surface area contributed by atoms with Crippen LogP contribution in [0.15, 0.2) is 72.3 Å². The molecule has 2 amide bonds. The summed E-state index contributed by atoms with van der Waals surface area (Å²) >= 11 is 5.16. The van der Waals surface area contributed by atoms with Crippen molar-refractivity contribution in [2.45, 2.75) is 6.92 Å². The van der Waals surface area contributed by atoms with Crippen LogP contribution in [0.3, 0.4) is 0 Å². The first-order valence-corrected chi connectivity index (χ1v) is 9.95. The van der Waals surface area contributed by atoms with Crippen molar-refractivity contribution >= 4 is 40.9 Å². The quantitative estimate of drug-likeness (QED) is 0.349. The second-order valence-corrected chi connectivity index (χ2v) is 7.35. The van der Waals surface area contributed by atoms with Gasteiger partial charge in [-0.3, -0.25) is 19.8 Å². The van der Waals surface area contributed by atoms with Crippen LogP contribution in [-0.2, 0) is 9.59 Å². The predicted molar refractivity (Wildman–Crippen MR) is 120 cm³/mol. The number of rotatable bonds is 4. The summed E-state index contributed by atoms with van der Waals surface area (Å²) in [6, 6.07) is 18.3. The van der Waals surface area contributed by atoms with Crippen LogP contribution in [0.25, 0.3) is 6.08 Å². The minimum Gasteiger partial charge on any atom is -0.457 e. The average Bonchev–Trinajstić information content (AvgIpc) is 2.78. The number of para-hydroxylation sites is 1. The molecular weight excluding hydrogens is 434 g/mol. The van der Waals surface area contributed by atoms with Crippen LogP contribution in [0.1, 0.15) is 11.1 Å². The van der Waals surface area contributed by atoms with Crippen LogP contribution in [-0.4, -0.2) is 16.9 Å². The molecule has 3 aromatic carbocycles. The third-order valence-corrected chi connectivity index (χ3v) is 5.07. The molecule has 1 aliphatic rings. The number of anilines is 1. The van der Waals surface area contributed by atoms with E-state index in [1.807, 2.05) is 18.2 Å². The van der Waals surface area contributed by atoms with Gasteiger partial charge in [0.1, 0.15) is 17.1 Å². The Kier molecular flexibility index (Phi) is 5.79. The Labute approximate surface area is 187 Å². The van der Waals surface area contributed by atoms with Crippen molar-refractivity contribution in [3.05, 3.63) is 95.1 Å². The molecule has 0 spiro atoms. The molecule has 4 rings (SSSR count). The van der Waals surface area contributed by atoms with E-state index in [2.05, 4.69) is 5.32 Å². The molecule has 0 aromatic heterocycles. The SMILES string of the molecule is Cc1ccc(/C=C2\C(=O)NC(=S)N(c3ccc(Oc4ccccc4)cc3)C2=O)c(F)c1F. The van der Waals surface area contributed by atoms with Crippen molar-refractivity contribution in [3.8, 4) is 11.5 Å². The lowest BCUT2D eigenvalue weighted by atomic mass is 10.0. The number of hydrogen-bond acceptors (Lipinski definition) is 4. The number of benzene rings is 3. The molecule has 1 heterocycles. The molecule has 8 heteroatoms. The molecule has 0 aliphatic carbocycles. The molecule has 1 saturated heterocycles. The third-order valence-electron chi connectivity index (χ3n) is 4.78. The van der Waals surface area contributed by atoms with Gasteiger partial charge in [-0.25, -0.2) is 8.78 Å². The first kappa shape index (κ1) is 21.3. The zero-order valence-electron chi connectivity index (χ0n) is 16.8. The average molecular weight is 450 g/mol. The molecule has 1 fully saturated rings. The van der Waals surface area contributed by atoms with Crippen LogP contribution < -0.4 is 15.0 Å². The number of halogens is 2. The summed E-state index contributed by atoms with van der Waals surface area (Å²) in [5.74, 6) is -2.54. The molecule has 0 bridgehead atoms. The van der Waals surface area contributed by atoms with Gasteiger partial charge in [-0.05, 0) is 67.2 Å². The maximum absolute atomic E-state index is 14.3. The molecule has 3 aromatic rings. The molecule has 32 heavy (non-hydrogen) atoms.